The molecular formula is C14H16N4S2. The Morgan fingerprint density at radius 3 is 2.70 bits per heavy atom. The van der Waals surface area contributed by atoms with E-state index >= 15 is 0 Å². The lowest BCUT2D eigenvalue weighted by Crippen LogP contribution is -2.09. The lowest BCUT2D eigenvalue weighted by atomic mass is 10.2. The Morgan fingerprint density at radius 1 is 1.20 bits per heavy atom. The Bertz CT molecular complexity index is 760. The quantitative estimate of drug-likeness (QED) is 0.786. The normalized spacial score (nSPS) is 12.8. The lowest BCUT2D eigenvalue weighted by molar-refractivity contribution is 0.859. The molecule has 3 aromatic heterocycles. The van der Waals surface area contributed by atoms with Crippen LogP contribution in [0.3, 0.4) is 0 Å². The molecule has 3 rings (SSSR count). The van der Waals surface area contributed by atoms with Crippen molar-refractivity contribution in [2.75, 3.05) is 5.32 Å². The van der Waals surface area contributed by atoms with E-state index in [1.165, 1.54) is 10.4 Å². The monoisotopic (exact) mass is 304 g/mol. The predicted octanol–water partition coefficient (Wildman–Crippen LogP) is 4.25. The van der Waals surface area contributed by atoms with Crippen molar-refractivity contribution in [3.8, 4) is 0 Å². The van der Waals surface area contributed by atoms with Crippen LogP contribution in [0, 0.1) is 20.8 Å². The van der Waals surface area contributed by atoms with E-state index in [4.69, 9.17) is 0 Å². The van der Waals surface area contributed by atoms with Crippen molar-refractivity contribution >= 4 is 38.7 Å². The van der Waals surface area contributed by atoms with Gasteiger partial charge in [0, 0.05) is 11.1 Å². The van der Waals surface area contributed by atoms with Crippen molar-refractivity contribution in [3.63, 3.8) is 0 Å². The highest BCUT2D eigenvalue weighted by Crippen LogP contribution is 2.31. The third kappa shape index (κ3) is 2.41. The second kappa shape index (κ2) is 5.10. The van der Waals surface area contributed by atoms with E-state index in [9.17, 15) is 0 Å². The van der Waals surface area contributed by atoms with Crippen LogP contribution in [0.2, 0.25) is 0 Å². The van der Waals surface area contributed by atoms with Crippen LogP contribution < -0.4 is 5.32 Å². The maximum absolute atomic E-state index is 4.57. The molecule has 0 aliphatic rings. The summed E-state index contributed by atoms with van der Waals surface area (Å²) in [5, 5.41) is 7.82. The summed E-state index contributed by atoms with van der Waals surface area (Å²) in [5.41, 5.74) is 1.22. The number of nitrogens with one attached hydrogen (secondary N) is 1. The van der Waals surface area contributed by atoms with Crippen molar-refractivity contribution in [1.82, 2.24) is 15.0 Å². The van der Waals surface area contributed by atoms with Crippen LogP contribution in [0.15, 0.2) is 11.6 Å². The maximum atomic E-state index is 4.57. The topological polar surface area (TPSA) is 50.7 Å². The molecule has 20 heavy (non-hydrogen) atoms. The van der Waals surface area contributed by atoms with Gasteiger partial charge in [-0.1, -0.05) is 0 Å². The average Bonchev–Trinajstić information content (AvgIpc) is 2.96. The standard InChI is InChI=1S/C14H16N4S2/c1-7-6-19-14-11(7)12(17-10(4)18-14)16-9(3)13-15-5-8(2)20-13/h5-6,9H,1-4H3,(H,16,17,18). The summed E-state index contributed by atoms with van der Waals surface area (Å²) in [7, 11) is 0. The maximum Gasteiger partial charge on any atom is 0.139 e. The zero-order valence-electron chi connectivity index (χ0n) is 11.9. The zero-order valence-corrected chi connectivity index (χ0v) is 13.5. The van der Waals surface area contributed by atoms with Gasteiger partial charge >= 0.3 is 0 Å². The minimum Gasteiger partial charge on any atom is -0.360 e. The number of thiophene rings is 1. The van der Waals surface area contributed by atoms with Gasteiger partial charge in [-0.3, -0.25) is 0 Å². The van der Waals surface area contributed by atoms with Crippen LogP contribution in [-0.2, 0) is 0 Å². The van der Waals surface area contributed by atoms with Crippen LogP contribution in [0.1, 0.15) is 34.2 Å². The van der Waals surface area contributed by atoms with Crippen molar-refractivity contribution in [1.29, 1.82) is 0 Å². The van der Waals surface area contributed by atoms with E-state index in [0.717, 1.165) is 26.9 Å². The van der Waals surface area contributed by atoms with Crippen LogP contribution in [0.4, 0.5) is 5.82 Å². The highest BCUT2D eigenvalue weighted by Gasteiger charge is 2.15. The van der Waals surface area contributed by atoms with E-state index in [-0.39, 0.29) is 6.04 Å². The van der Waals surface area contributed by atoms with Crippen molar-refractivity contribution in [3.05, 3.63) is 32.8 Å². The molecule has 0 aromatic carbocycles. The molecular weight excluding hydrogens is 288 g/mol. The number of nitrogens with zero attached hydrogens (tertiary/aromatic N) is 3. The number of fused-ring (bicyclic) bond motifs is 1. The molecule has 0 fully saturated rings. The molecule has 1 N–H and O–H groups in total. The number of thiazole rings is 1. The van der Waals surface area contributed by atoms with Crippen LogP contribution in [0.5, 0.6) is 0 Å². The molecule has 0 aliphatic heterocycles. The largest absolute Gasteiger partial charge is 0.360 e. The van der Waals surface area contributed by atoms with E-state index < -0.39 is 0 Å². The van der Waals surface area contributed by atoms with E-state index in [1.54, 1.807) is 22.7 Å². The van der Waals surface area contributed by atoms with Gasteiger partial charge in [0.05, 0.1) is 11.4 Å². The fourth-order valence-corrected chi connectivity index (χ4v) is 3.88. The second-order valence-electron chi connectivity index (χ2n) is 4.89. The second-order valence-corrected chi connectivity index (χ2v) is 7.02. The molecule has 0 saturated carbocycles. The first-order valence-electron chi connectivity index (χ1n) is 6.46. The van der Waals surface area contributed by atoms with Gasteiger partial charge in [-0.15, -0.1) is 22.7 Å². The molecule has 1 unspecified atom stereocenters. The molecule has 0 saturated heterocycles. The summed E-state index contributed by atoms with van der Waals surface area (Å²) in [6, 6.07) is 0.144. The minimum atomic E-state index is 0.144. The molecule has 0 spiro atoms. The third-order valence-corrected chi connectivity index (χ3v) is 5.18. The number of aryl methyl sites for hydroxylation is 3. The molecule has 0 amide bonds. The van der Waals surface area contributed by atoms with Gasteiger partial charge < -0.3 is 5.32 Å². The van der Waals surface area contributed by atoms with Crippen LogP contribution in [-0.4, -0.2) is 15.0 Å². The highest BCUT2D eigenvalue weighted by atomic mass is 32.1. The molecule has 1 atom stereocenters. The number of aromatic nitrogens is 3. The van der Waals surface area contributed by atoms with E-state index in [2.05, 4.69) is 46.4 Å². The van der Waals surface area contributed by atoms with Gasteiger partial charge in [-0.2, -0.15) is 0 Å². The number of anilines is 1. The Balaban J connectivity index is 1.99. The van der Waals surface area contributed by atoms with E-state index in [1.807, 2.05) is 13.1 Å². The number of hydrogen-bond donors (Lipinski definition) is 1. The van der Waals surface area contributed by atoms with Gasteiger partial charge in [-0.25, -0.2) is 15.0 Å². The zero-order chi connectivity index (χ0) is 14.3. The predicted molar refractivity (Wildman–Crippen MR) is 85.8 cm³/mol. The molecule has 104 valence electrons. The fourth-order valence-electron chi connectivity index (χ4n) is 2.13. The van der Waals surface area contributed by atoms with E-state index in [0.29, 0.717) is 0 Å². The molecule has 6 heteroatoms. The SMILES string of the molecule is Cc1nc(NC(C)c2ncc(C)s2)c2c(C)csc2n1. The van der Waals surface area contributed by atoms with Crippen molar-refractivity contribution in [2.45, 2.75) is 33.7 Å². The van der Waals surface area contributed by atoms with Gasteiger partial charge in [0.15, 0.2) is 0 Å². The number of rotatable bonds is 3. The summed E-state index contributed by atoms with van der Waals surface area (Å²) in [5.74, 6) is 1.70. The summed E-state index contributed by atoms with van der Waals surface area (Å²) in [6.45, 7) is 8.21. The average molecular weight is 304 g/mol. The first-order valence-corrected chi connectivity index (χ1v) is 8.15. The van der Waals surface area contributed by atoms with Crippen molar-refractivity contribution < 1.29 is 0 Å². The summed E-state index contributed by atoms with van der Waals surface area (Å²) >= 11 is 3.38. The Kier molecular flexibility index (Phi) is 3.43. The summed E-state index contributed by atoms with van der Waals surface area (Å²) in [6.07, 6.45) is 1.91. The lowest BCUT2D eigenvalue weighted by Gasteiger charge is -2.13. The summed E-state index contributed by atoms with van der Waals surface area (Å²) in [4.78, 5) is 15.8. The smallest absolute Gasteiger partial charge is 0.139 e. The Labute approximate surface area is 125 Å². The molecule has 3 heterocycles. The van der Waals surface area contributed by atoms with Crippen LogP contribution >= 0.6 is 22.7 Å². The minimum absolute atomic E-state index is 0.144. The third-order valence-electron chi connectivity index (χ3n) is 3.09. The molecule has 4 nitrogen and oxygen atoms in total. The van der Waals surface area contributed by atoms with Gasteiger partial charge in [0.25, 0.3) is 0 Å². The van der Waals surface area contributed by atoms with Crippen LogP contribution in [0.25, 0.3) is 10.2 Å². The first kappa shape index (κ1) is 13.5. The molecule has 0 aliphatic carbocycles. The van der Waals surface area contributed by atoms with Gasteiger partial charge in [-0.05, 0) is 38.6 Å². The molecule has 0 bridgehead atoms. The highest BCUT2D eigenvalue weighted by molar-refractivity contribution is 7.17. The molecule has 0 radical (unpaired) electrons. The Hall–Kier alpha value is -1.53. The van der Waals surface area contributed by atoms with Crippen molar-refractivity contribution in [2.24, 2.45) is 0 Å². The summed E-state index contributed by atoms with van der Waals surface area (Å²) < 4.78 is 0. The Morgan fingerprint density at radius 2 is 2.00 bits per heavy atom. The molecule has 3 aromatic rings. The first-order chi connectivity index (χ1) is 9.54. The fraction of sp³-hybridized carbons (Fsp3) is 0.357. The van der Waals surface area contributed by atoms with Gasteiger partial charge in [0.2, 0.25) is 0 Å². The number of hydrogen-bond acceptors (Lipinski definition) is 6. The van der Waals surface area contributed by atoms with Gasteiger partial charge in [0.1, 0.15) is 21.5 Å².